The smallest absolute Gasteiger partial charge is 0.231 e. The number of anilines is 2. The number of pyridine rings is 1. The molecular formula is C16H19N3O3S. The molecule has 0 aliphatic carbocycles. The van der Waals surface area contributed by atoms with Crippen molar-refractivity contribution in [3.8, 4) is 5.75 Å². The molecule has 2 aromatic rings. The first-order chi connectivity index (χ1) is 10.9. The van der Waals surface area contributed by atoms with Gasteiger partial charge in [-0.3, -0.25) is 4.31 Å². The number of nitrogens with one attached hydrogen (secondary N) is 1. The Labute approximate surface area is 136 Å². The molecule has 7 heteroatoms. The summed E-state index contributed by atoms with van der Waals surface area (Å²) in [5, 5.41) is 3.24. The van der Waals surface area contributed by atoms with Crippen molar-refractivity contribution in [1.82, 2.24) is 4.98 Å². The molecule has 0 radical (unpaired) electrons. The lowest BCUT2D eigenvalue weighted by atomic mass is 10.2. The third-order valence-corrected chi connectivity index (χ3v) is 5.01. The quantitative estimate of drug-likeness (QED) is 0.906. The maximum Gasteiger partial charge on any atom is 0.231 e. The van der Waals surface area contributed by atoms with Gasteiger partial charge in [0.25, 0.3) is 0 Å². The van der Waals surface area contributed by atoms with Crippen LogP contribution in [0.2, 0.25) is 0 Å². The van der Waals surface area contributed by atoms with Gasteiger partial charge < -0.3 is 10.1 Å². The average molecular weight is 333 g/mol. The lowest BCUT2D eigenvalue weighted by Crippen LogP contribution is -2.24. The minimum absolute atomic E-state index is 0.371. The van der Waals surface area contributed by atoms with Crippen molar-refractivity contribution in [2.45, 2.75) is 13.0 Å². The van der Waals surface area contributed by atoms with Crippen LogP contribution in [0, 0.1) is 0 Å². The van der Waals surface area contributed by atoms with Crippen molar-refractivity contribution < 1.29 is 13.2 Å². The zero-order valence-electron chi connectivity index (χ0n) is 13.1. The second-order valence-corrected chi connectivity index (χ2v) is 7.51. The molecule has 0 bridgehead atoms. The SMILES string of the molecule is CN(c1ccc(OCc2ccc3c(n2)NCC3)cc1)S(C)(=O)=O. The number of hydrogen-bond donors (Lipinski definition) is 1. The first kappa shape index (κ1) is 15.6. The highest BCUT2D eigenvalue weighted by atomic mass is 32.2. The Morgan fingerprint density at radius 3 is 2.65 bits per heavy atom. The number of ether oxygens (including phenoxy) is 1. The van der Waals surface area contributed by atoms with Gasteiger partial charge in [-0.15, -0.1) is 0 Å². The Balaban J connectivity index is 1.65. The third-order valence-electron chi connectivity index (χ3n) is 3.81. The van der Waals surface area contributed by atoms with Crippen LogP contribution in [-0.4, -0.2) is 33.2 Å². The summed E-state index contributed by atoms with van der Waals surface area (Å²) in [7, 11) is -1.73. The molecule has 6 nitrogen and oxygen atoms in total. The normalized spacial score (nSPS) is 13.3. The summed E-state index contributed by atoms with van der Waals surface area (Å²) in [4.78, 5) is 4.52. The van der Waals surface area contributed by atoms with Gasteiger partial charge >= 0.3 is 0 Å². The molecule has 23 heavy (non-hydrogen) atoms. The molecule has 122 valence electrons. The first-order valence-corrected chi connectivity index (χ1v) is 9.18. The van der Waals surface area contributed by atoms with E-state index in [0.29, 0.717) is 18.0 Å². The predicted octanol–water partition coefficient (Wildman–Crippen LogP) is 2.02. The van der Waals surface area contributed by atoms with E-state index in [9.17, 15) is 8.42 Å². The minimum Gasteiger partial charge on any atom is -0.487 e. The van der Waals surface area contributed by atoms with Gasteiger partial charge in [0, 0.05) is 13.6 Å². The molecule has 3 rings (SSSR count). The molecule has 1 aliphatic heterocycles. The number of rotatable bonds is 5. The monoisotopic (exact) mass is 333 g/mol. The van der Waals surface area contributed by atoms with Gasteiger partial charge in [0.1, 0.15) is 18.2 Å². The molecule has 0 atom stereocenters. The van der Waals surface area contributed by atoms with Crippen LogP contribution in [-0.2, 0) is 23.1 Å². The Morgan fingerprint density at radius 2 is 1.96 bits per heavy atom. The highest BCUT2D eigenvalue weighted by Gasteiger charge is 2.13. The highest BCUT2D eigenvalue weighted by molar-refractivity contribution is 7.92. The molecule has 0 saturated carbocycles. The fourth-order valence-electron chi connectivity index (χ4n) is 2.38. The van der Waals surface area contributed by atoms with Crippen LogP contribution < -0.4 is 14.4 Å². The topological polar surface area (TPSA) is 71.5 Å². The third kappa shape index (κ3) is 3.56. The van der Waals surface area contributed by atoms with Crippen molar-refractivity contribution in [3.05, 3.63) is 47.7 Å². The number of sulfonamides is 1. The van der Waals surface area contributed by atoms with Crippen molar-refractivity contribution in [2.75, 3.05) is 29.5 Å². The van der Waals surface area contributed by atoms with E-state index in [4.69, 9.17) is 4.74 Å². The van der Waals surface area contributed by atoms with Crippen molar-refractivity contribution in [2.24, 2.45) is 0 Å². The van der Waals surface area contributed by atoms with E-state index in [1.807, 2.05) is 6.07 Å². The molecule has 0 saturated heterocycles. The molecule has 1 aromatic carbocycles. The van der Waals surface area contributed by atoms with Gasteiger partial charge in [-0.25, -0.2) is 13.4 Å². The molecular weight excluding hydrogens is 314 g/mol. The largest absolute Gasteiger partial charge is 0.487 e. The molecule has 1 N–H and O–H groups in total. The van der Waals surface area contributed by atoms with Crippen LogP contribution in [0.1, 0.15) is 11.3 Å². The van der Waals surface area contributed by atoms with Crippen LogP contribution in [0.5, 0.6) is 5.75 Å². The van der Waals surface area contributed by atoms with Crippen LogP contribution >= 0.6 is 0 Å². The van der Waals surface area contributed by atoms with E-state index in [2.05, 4.69) is 16.4 Å². The molecule has 0 fully saturated rings. The van der Waals surface area contributed by atoms with Crippen LogP contribution in [0.3, 0.4) is 0 Å². The van der Waals surface area contributed by atoms with E-state index < -0.39 is 10.0 Å². The van der Waals surface area contributed by atoms with E-state index in [-0.39, 0.29) is 0 Å². The molecule has 0 unspecified atom stereocenters. The van der Waals surface area contributed by atoms with Gasteiger partial charge in [0.15, 0.2) is 0 Å². The second-order valence-electron chi connectivity index (χ2n) is 5.50. The minimum atomic E-state index is -3.25. The Kier molecular flexibility index (Phi) is 4.12. The van der Waals surface area contributed by atoms with Gasteiger partial charge in [0.2, 0.25) is 10.0 Å². The fraction of sp³-hybridized carbons (Fsp3) is 0.312. The zero-order chi connectivity index (χ0) is 16.4. The number of hydrogen-bond acceptors (Lipinski definition) is 5. The molecule has 1 aromatic heterocycles. The van der Waals surface area contributed by atoms with Crippen LogP contribution in [0.25, 0.3) is 0 Å². The van der Waals surface area contributed by atoms with Crippen LogP contribution in [0.4, 0.5) is 11.5 Å². The summed E-state index contributed by atoms with van der Waals surface area (Å²) in [5.41, 5.74) is 2.69. The number of nitrogens with zero attached hydrogens (tertiary/aromatic N) is 2. The average Bonchev–Trinajstić information content (AvgIpc) is 2.99. The Bertz CT molecular complexity index is 804. The Morgan fingerprint density at radius 1 is 1.22 bits per heavy atom. The van der Waals surface area contributed by atoms with Crippen molar-refractivity contribution in [1.29, 1.82) is 0 Å². The summed E-state index contributed by atoms with van der Waals surface area (Å²) in [6.45, 7) is 1.30. The van der Waals surface area contributed by atoms with E-state index >= 15 is 0 Å². The van der Waals surface area contributed by atoms with E-state index in [1.165, 1.54) is 23.2 Å². The van der Waals surface area contributed by atoms with Crippen molar-refractivity contribution in [3.63, 3.8) is 0 Å². The second kappa shape index (κ2) is 6.08. The van der Waals surface area contributed by atoms with Gasteiger partial charge in [-0.1, -0.05) is 6.07 Å². The summed E-state index contributed by atoms with van der Waals surface area (Å²) in [6.07, 6.45) is 2.18. The molecule has 0 amide bonds. The summed E-state index contributed by atoms with van der Waals surface area (Å²) in [6, 6.07) is 11.0. The van der Waals surface area contributed by atoms with E-state index in [1.54, 1.807) is 24.3 Å². The highest BCUT2D eigenvalue weighted by Crippen LogP contribution is 2.22. The van der Waals surface area contributed by atoms with Gasteiger partial charge in [-0.2, -0.15) is 0 Å². The molecule has 2 heterocycles. The molecule has 1 aliphatic rings. The number of benzene rings is 1. The fourth-order valence-corrected chi connectivity index (χ4v) is 2.88. The lowest BCUT2D eigenvalue weighted by Gasteiger charge is -2.16. The standard InChI is InChI=1S/C16H19N3O3S/c1-19(23(2,20)21)14-5-7-15(8-6-14)22-11-13-4-3-12-9-10-17-16(12)18-13/h3-8H,9-11H2,1-2H3,(H,17,18). The molecule has 0 spiro atoms. The van der Waals surface area contributed by atoms with Gasteiger partial charge in [-0.05, 0) is 42.3 Å². The Hall–Kier alpha value is -2.28. The number of fused-ring (bicyclic) bond motifs is 1. The summed E-state index contributed by atoms with van der Waals surface area (Å²) < 4.78 is 29.9. The van der Waals surface area contributed by atoms with Crippen LogP contribution in [0.15, 0.2) is 36.4 Å². The predicted molar refractivity (Wildman–Crippen MR) is 90.5 cm³/mol. The van der Waals surface area contributed by atoms with Gasteiger partial charge in [0.05, 0.1) is 17.6 Å². The maximum atomic E-state index is 11.5. The zero-order valence-corrected chi connectivity index (χ0v) is 13.9. The van der Waals surface area contributed by atoms with Crippen molar-refractivity contribution >= 4 is 21.5 Å². The summed E-state index contributed by atoms with van der Waals surface area (Å²) in [5.74, 6) is 1.61. The van der Waals surface area contributed by atoms with E-state index in [0.717, 1.165) is 24.5 Å². The first-order valence-electron chi connectivity index (χ1n) is 7.33. The lowest BCUT2D eigenvalue weighted by molar-refractivity contribution is 0.301. The summed E-state index contributed by atoms with van der Waals surface area (Å²) >= 11 is 0. The maximum absolute atomic E-state index is 11.5. The number of aromatic nitrogens is 1.